The summed E-state index contributed by atoms with van der Waals surface area (Å²) in [4.78, 5) is 25.2. The van der Waals surface area contributed by atoms with Crippen molar-refractivity contribution in [3.8, 4) is 0 Å². The van der Waals surface area contributed by atoms with Gasteiger partial charge in [-0.15, -0.1) is 0 Å². The average Bonchev–Trinajstić information content (AvgIpc) is 3.41. The number of anilines is 1. The highest BCUT2D eigenvalue weighted by atomic mass is 32.2. The fourth-order valence-electron chi connectivity index (χ4n) is 4.25. The highest BCUT2D eigenvalue weighted by molar-refractivity contribution is 7.89. The molecule has 1 aliphatic heterocycles. The van der Waals surface area contributed by atoms with Crippen molar-refractivity contribution in [2.45, 2.75) is 57.4 Å². The lowest BCUT2D eigenvalue weighted by Crippen LogP contribution is -2.27. The quantitative estimate of drug-likeness (QED) is 0.564. The Kier molecular flexibility index (Phi) is 6.45. The second-order valence-corrected chi connectivity index (χ2v) is 10.7. The van der Waals surface area contributed by atoms with Crippen molar-refractivity contribution >= 4 is 32.7 Å². The van der Waals surface area contributed by atoms with Gasteiger partial charge >= 0.3 is 5.76 Å². The number of aromatic nitrogens is 1. The van der Waals surface area contributed by atoms with Crippen LogP contribution in [0.15, 0.2) is 50.5 Å². The first kappa shape index (κ1) is 23.3. The predicted molar refractivity (Wildman–Crippen MR) is 127 cm³/mol. The number of benzene rings is 2. The minimum absolute atomic E-state index is 0.0776. The number of carbonyl (C=O) groups excluding carboxylic acids is 1. The molecule has 1 N–H and O–H groups in total. The minimum atomic E-state index is -3.61. The summed E-state index contributed by atoms with van der Waals surface area (Å²) < 4.78 is 33.7. The third kappa shape index (κ3) is 4.60. The second kappa shape index (κ2) is 9.15. The molecule has 176 valence electrons. The number of para-hydroxylation sites is 1. The van der Waals surface area contributed by atoms with Gasteiger partial charge in [-0.1, -0.05) is 32.0 Å². The number of hydrogen-bond donors (Lipinski definition) is 1. The van der Waals surface area contributed by atoms with Crippen molar-refractivity contribution in [2.24, 2.45) is 0 Å². The Bertz CT molecular complexity index is 1350. The number of amides is 1. The number of carbonyl (C=O) groups is 1. The smallest absolute Gasteiger partial charge is 0.408 e. The lowest BCUT2D eigenvalue weighted by atomic mass is 9.98. The van der Waals surface area contributed by atoms with Crippen molar-refractivity contribution in [1.29, 1.82) is 0 Å². The SMILES string of the molecule is Cc1cccc(C(C)C)c1NC(=O)CCn1c(=O)oc2cc(S(=O)(=O)N3CCCC3)ccc21. The van der Waals surface area contributed by atoms with Crippen LogP contribution in [-0.2, 0) is 21.4 Å². The van der Waals surface area contributed by atoms with E-state index in [0.29, 0.717) is 18.6 Å². The molecule has 0 aliphatic carbocycles. The van der Waals surface area contributed by atoms with Gasteiger partial charge in [0.25, 0.3) is 0 Å². The van der Waals surface area contributed by atoms with E-state index < -0.39 is 15.8 Å². The molecule has 1 fully saturated rings. The Balaban J connectivity index is 1.52. The summed E-state index contributed by atoms with van der Waals surface area (Å²) in [6.45, 7) is 7.21. The predicted octanol–water partition coefficient (Wildman–Crippen LogP) is 3.84. The van der Waals surface area contributed by atoms with Crippen molar-refractivity contribution in [3.63, 3.8) is 0 Å². The largest absolute Gasteiger partial charge is 0.419 e. The van der Waals surface area contributed by atoms with Gasteiger partial charge in [0.05, 0.1) is 10.4 Å². The van der Waals surface area contributed by atoms with E-state index in [9.17, 15) is 18.0 Å². The van der Waals surface area contributed by atoms with Crippen LogP contribution in [0.3, 0.4) is 0 Å². The van der Waals surface area contributed by atoms with Crippen LogP contribution in [0.4, 0.5) is 5.69 Å². The van der Waals surface area contributed by atoms with E-state index in [1.165, 1.54) is 21.0 Å². The summed E-state index contributed by atoms with van der Waals surface area (Å²) in [6, 6.07) is 10.4. The number of rotatable bonds is 7. The molecule has 8 nitrogen and oxygen atoms in total. The Morgan fingerprint density at radius 3 is 2.58 bits per heavy atom. The van der Waals surface area contributed by atoms with Crippen molar-refractivity contribution in [2.75, 3.05) is 18.4 Å². The molecule has 3 aromatic rings. The van der Waals surface area contributed by atoms with Crippen LogP contribution in [0, 0.1) is 6.92 Å². The van der Waals surface area contributed by atoms with E-state index in [0.717, 1.165) is 29.7 Å². The summed E-state index contributed by atoms with van der Waals surface area (Å²) >= 11 is 0. The van der Waals surface area contributed by atoms with E-state index in [-0.39, 0.29) is 35.3 Å². The zero-order valence-electron chi connectivity index (χ0n) is 19.1. The van der Waals surface area contributed by atoms with E-state index >= 15 is 0 Å². The fourth-order valence-corrected chi connectivity index (χ4v) is 5.79. The molecule has 0 bridgehead atoms. The van der Waals surface area contributed by atoms with Gasteiger partial charge in [-0.25, -0.2) is 13.2 Å². The van der Waals surface area contributed by atoms with Crippen LogP contribution in [0.2, 0.25) is 0 Å². The van der Waals surface area contributed by atoms with Gasteiger partial charge in [-0.3, -0.25) is 9.36 Å². The number of fused-ring (bicyclic) bond motifs is 1. The van der Waals surface area contributed by atoms with Gasteiger partial charge in [0, 0.05) is 37.8 Å². The summed E-state index contributed by atoms with van der Waals surface area (Å²) in [7, 11) is -3.61. The van der Waals surface area contributed by atoms with E-state index in [1.54, 1.807) is 6.07 Å². The lowest BCUT2D eigenvalue weighted by molar-refractivity contribution is -0.116. The van der Waals surface area contributed by atoms with Crippen LogP contribution in [-0.4, -0.2) is 36.3 Å². The second-order valence-electron chi connectivity index (χ2n) is 8.75. The van der Waals surface area contributed by atoms with E-state index in [2.05, 4.69) is 19.2 Å². The zero-order valence-corrected chi connectivity index (χ0v) is 19.9. The summed E-state index contributed by atoms with van der Waals surface area (Å²) in [5.74, 6) is -0.570. The molecule has 0 spiro atoms. The van der Waals surface area contributed by atoms with E-state index in [1.807, 2.05) is 25.1 Å². The summed E-state index contributed by atoms with van der Waals surface area (Å²) in [5, 5.41) is 2.98. The normalized spacial score (nSPS) is 14.9. The third-order valence-corrected chi connectivity index (χ3v) is 7.99. The number of oxazole rings is 1. The molecule has 0 atom stereocenters. The van der Waals surface area contributed by atoms with Gasteiger partial charge in [-0.05, 0) is 48.9 Å². The zero-order chi connectivity index (χ0) is 23.8. The van der Waals surface area contributed by atoms with E-state index in [4.69, 9.17) is 4.42 Å². The molecular weight excluding hydrogens is 442 g/mol. The van der Waals surface area contributed by atoms with Crippen LogP contribution < -0.4 is 11.1 Å². The van der Waals surface area contributed by atoms with Gasteiger partial charge in [0.15, 0.2) is 5.58 Å². The molecule has 0 saturated carbocycles. The van der Waals surface area contributed by atoms with Crippen molar-refractivity contribution < 1.29 is 17.6 Å². The molecule has 9 heteroatoms. The maximum atomic E-state index is 12.8. The van der Waals surface area contributed by atoms with Gasteiger partial charge < -0.3 is 9.73 Å². The Morgan fingerprint density at radius 1 is 1.15 bits per heavy atom. The van der Waals surface area contributed by atoms with Crippen molar-refractivity contribution in [1.82, 2.24) is 8.87 Å². The molecule has 0 unspecified atom stereocenters. The molecule has 1 saturated heterocycles. The standard InChI is InChI=1S/C24H29N3O5S/c1-16(2)19-8-6-7-17(3)23(19)25-22(28)11-14-27-20-10-9-18(15-21(20)32-24(27)29)33(30,31)26-12-4-5-13-26/h6-10,15-16H,4-5,11-14H2,1-3H3,(H,25,28). The number of aryl methyl sites for hydroxylation is 2. The molecule has 1 aromatic heterocycles. The van der Waals surface area contributed by atoms with Crippen molar-refractivity contribution in [3.05, 3.63) is 58.1 Å². The molecule has 2 heterocycles. The maximum absolute atomic E-state index is 12.8. The third-order valence-electron chi connectivity index (χ3n) is 6.10. The lowest BCUT2D eigenvalue weighted by Gasteiger charge is -2.16. The monoisotopic (exact) mass is 471 g/mol. The maximum Gasteiger partial charge on any atom is 0.419 e. The van der Waals surface area contributed by atoms with Crippen LogP contribution in [0.25, 0.3) is 11.1 Å². The van der Waals surface area contributed by atoms with Gasteiger partial charge in [0.1, 0.15) is 0 Å². The van der Waals surface area contributed by atoms with Gasteiger partial charge in [-0.2, -0.15) is 4.31 Å². The number of sulfonamides is 1. The Hall–Kier alpha value is -2.91. The van der Waals surface area contributed by atoms with Crippen LogP contribution in [0.1, 0.15) is 50.2 Å². The first-order chi connectivity index (χ1) is 15.7. The van der Waals surface area contributed by atoms with Crippen LogP contribution >= 0.6 is 0 Å². The topological polar surface area (TPSA) is 102 Å². The molecule has 2 aromatic carbocycles. The number of nitrogens with zero attached hydrogens (tertiary/aromatic N) is 2. The first-order valence-electron chi connectivity index (χ1n) is 11.2. The molecule has 4 rings (SSSR count). The number of hydrogen-bond acceptors (Lipinski definition) is 5. The molecular formula is C24H29N3O5S. The summed E-state index contributed by atoms with van der Waals surface area (Å²) in [5.41, 5.74) is 3.50. The number of nitrogens with one attached hydrogen (secondary N) is 1. The summed E-state index contributed by atoms with van der Waals surface area (Å²) in [6.07, 6.45) is 1.76. The van der Waals surface area contributed by atoms with Gasteiger partial charge in [0.2, 0.25) is 15.9 Å². The molecule has 0 radical (unpaired) electrons. The molecule has 1 amide bonds. The Morgan fingerprint density at radius 2 is 1.88 bits per heavy atom. The fraction of sp³-hybridized carbons (Fsp3) is 0.417. The highest BCUT2D eigenvalue weighted by Gasteiger charge is 2.28. The first-order valence-corrected chi connectivity index (χ1v) is 12.7. The highest BCUT2D eigenvalue weighted by Crippen LogP contribution is 2.28. The Labute approximate surface area is 193 Å². The molecule has 1 aliphatic rings. The van der Waals surface area contributed by atoms with Crippen LogP contribution in [0.5, 0.6) is 0 Å². The minimum Gasteiger partial charge on any atom is -0.408 e. The molecule has 33 heavy (non-hydrogen) atoms. The average molecular weight is 472 g/mol.